The highest BCUT2D eigenvalue weighted by Crippen LogP contribution is 2.21. The Hall–Kier alpha value is -1.62. The van der Waals surface area contributed by atoms with Crippen molar-refractivity contribution in [3.63, 3.8) is 0 Å². The minimum atomic E-state index is -0.115. The lowest BCUT2D eigenvalue weighted by Gasteiger charge is -2.17. The largest absolute Gasteiger partial charge is 0.345 e. The summed E-state index contributed by atoms with van der Waals surface area (Å²) in [5, 5.41) is 9.40. The van der Waals surface area contributed by atoms with Gasteiger partial charge in [-0.25, -0.2) is 0 Å². The molecule has 0 bridgehead atoms. The number of carbonyl (C=O) groups is 1. The van der Waals surface area contributed by atoms with Gasteiger partial charge in [-0.1, -0.05) is 35.0 Å². The summed E-state index contributed by atoms with van der Waals surface area (Å²) in [6, 6.07) is 7.96. The van der Waals surface area contributed by atoms with Gasteiger partial charge in [0, 0.05) is 10.7 Å². The average Bonchev–Trinajstić information content (AvgIpc) is 2.89. The van der Waals surface area contributed by atoms with Crippen molar-refractivity contribution in [2.75, 3.05) is 0 Å². The van der Waals surface area contributed by atoms with E-state index in [1.807, 2.05) is 31.2 Å². The van der Waals surface area contributed by atoms with E-state index in [1.54, 1.807) is 6.20 Å². The second kappa shape index (κ2) is 5.82. The van der Waals surface area contributed by atoms with Crippen molar-refractivity contribution < 1.29 is 4.79 Å². The minimum Gasteiger partial charge on any atom is -0.345 e. The number of nitrogens with one attached hydrogen (secondary N) is 2. The van der Waals surface area contributed by atoms with Crippen molar-refractivity contribution in [3.8, 4) is 0 Å². The van der Waals surface area contributed by atoms with Crippen LogP contribution in [0, 0.1) is 0 Å². The molecule has 94 valence electrons. The molecule has 0 saturated heterocycles. The smallest absolute Gasteiger partial charge is 0.254 e. The van der Waals surface area contributed by atoms with Crippen LogP contribution in [0.5, 0.6) is 0 Å². The van der Waals surface area contributed by atoms with Gasteiger partial charge in [0.25, 0.3) is 5.91 Å². The molecule has 0 aliphatic rings. The van der Waals surface area contributed by atoms with Crippen LogP contribution >= 0.6 is 15.9 Å². The fourth-order valence-electron chi connectivity index (χ4n) is 1.76. The number of rotatable bonds is 4. The van der Waals surface area contributed by atoms with Gasteiger partial charge < -0.3 is 5.32 Å². The second-order valence-electron chi connectivity index (χ2n) is 3.98. The Bertz CT molecular complexity index is 525. The molecule has 4 nitrogen and oxygen atoms in total. The summed E-state index contributed by atoms with van der Waals surface area (Å²) in [5.74, 6) is -0.115. The molecule has 2 rings (SSSR count). The molecule has 0 radical (unpaired) electrons. The first-order valence-corrected chi connectivity index (χ1v) is 6.55. The Morgan fingerprint density at radius 2 is 2.39 bits per heavy atom. The third-order valence-electron chi connectivity index (χ3n) is 2.73. The molecule has 0 aliphatic heterocycles. The molecule has 0 spiro atoms. The lowest BCUT2D eigenvalue weighted by Crippen LogP contribution is -2.27. The quantitative estimate of drug-likeness (QED) is 0.912. The third-order valence-corrected chi connectivity index (χ3v) is 3.22. The lowest BCUT2D eigenvalue weighted by molar-refractivity contribution is 0.0935. The summed E-state index contributed by atoms with van der Waals surface area (Å²) >= 11 is 3.44. The molecule has 1 atom stereocenters. The van der Waals surface area contributed by atoms with Crippen LogP contribution in [0.4, 0.5) is 0 Å². The maximum atomic E-state index is 12.0. The zero-order valence-corrected chi connectivity index (χ0v) is 11.6. The van der Waals surface area contributed by atoms with E-state index in [0.717, 1.165) is 16.5 Å². The predicted molar refractivity (Wildman–Crippen MR) is 73.2 cm³/mol. The van der Waals surface area contributed by atoms with Gasteiger partial charge >= 0.3 is 0 Å². The minimum absolute atomic E-state index is 0.00454. The Kier molecular flexibility index (Phi) is 4.15. The van der Waals surface area contributed by atoms with Crippen molar-refractivity contribution in [1.82, 2.24) is 15.5 Å². The number of H-pyrrole nitrogens is 1. The Morgan fingerprint density at radius 1 is 1.56 bits per heavy atom. The maximum absolute atomic E-state index is 12.0. The summed E-state index contributed by atoms with van der Waals surface area (Å²) in [6.45, 7) is 2.04. The second-order valence-corrected chi connectivity index (χ2v) is 4.89. The molecule has 0 fully saturated rings. The highest BCUT2D eigenvalue weighted by atomic mass is 79.9. The van der Waals surface area contributed by atoms with Gasteiger partial charge in [0.1, 0.15) is 0 Å². The van der Waals surface area contributed by atoms with E-state index >= 15 is 0 Å². The first kappa shape index (κ1) is 12.8. The van der Waals surface area contributed by atoms with E-state index in [-0.39, 0.29) is 11.9 Å². The first-order valence-electron chi connectivity index (χ1n) is 5.76. The SMILES string of the molecule is CC[C@H](NC(=O)c1cn[nH]c1)c1cccc(Br)c1. The predicted octanol–water partition coefficient (Wildman–Crippen LogP) is 3.05. The van der Waals surface area contributed by atoms with Gasteiger partial charge in [-0.3, -0.25) is 9.89 Å². The number of carbonyl (C=O) groups excluding carboxylic acids is 1. The van der Waals surface area contributed by atoms with E-state index in [2.05, 4.69) is 31.4 Å². The van der Waals surface area contributed by atoms with Gasteiger partial charge in [-0.15, -0.1) is 0 Å². The molecule has 0 unspecified atom stereocenters. The summed E-state index contributed by atoms with van der Waals surface area (Å²) in [4.78, 5) is 12.0. The van der Waals surface area contributed by atoms with E-state index in [9.17, 15) is 4.79 Å². The number of hydrogen-bond acceptors (Lipinski definition) is 2. The summed E-state index contributed by atoms with van der Waals surface area (Å²) in [5.41, 5.74) is 1.63. The van der Waals surface area contributed by atoms with Gasteiger partial charge in [0.15, 0.2) is 0 Å². The average molecular weight is 308 g/mol. The molecule has 5 heteroatoms. The Balaban J connectivity index is 2.13. The van der Waals surface area contributed by atoms with Crippen molar-refractivity contribution in [1.29, 1.82) is 0 Å². The van der Waals surface area contributed by atoms with Crippen molar-refractivity contribution in [2.24, 2.45) is 0 Å². The highest BCUT2D eigenvalue weighted by Gasteiger charge is 2.14. The molecular weight excluding hydrogens is 294 g/mol. The molecule has 1 aromatic carbocycles. The first-order chi connectivity index (χ1) is 8.70. The topological polar surface area (TPSA) is 57.8 Å². The molecule has 2 aromatic rings. The normalized spacial score (nSPS) is 12.1. The maximum Gasteiger partial charge on any atom is 0.254 e. The van der Waals surface area contributed by atoms with Crippen LogP contribution in [0.2, 0.25) is 0 Å². The molecule has 18 heavy (non-hydrogen) atoms. The van der Waals surface area contributed by atoms with Crippen LogP contribution in [0.15, 0.2) is 41.1 Å². The third kappa shape index (κ3) is 2.98. The molecular formula is C13H14BrN3O. The van der Waals surface area contributed by atoms with E-state index in [1.165, 1.54) is 6.20 Å². The Labute approximate surface area is 114 Å². The summed E-state index contributed by atoms with van der Waals surface area (Å²) in [6.07, 6.45) is 3.94. The van der Waals surface area contributed by atoms with Crippen LogP contribution in [-0.4, -0.2) is 16.1 Å². The van der Waals surface area contributed by atoms with Crippen molar-refractivity contribution in [2.45, 2.75) is 19.4 Å². The molecule has 0 aliphatic carbocycles. The van der Waals surface area contributed by atoms with Crippen LogP contribution in [0.3, 0.4) is 0 Å². The molecule has 1 aromatic heterocycles. The number of hydrogen-bond donors (Lipinski definition) is 2. The number of nitrogens with zero attached hydrogens (tertiary/aromatic N) is 1. The Morgan fingerprint density at radius 3 is 3.00 bits per heavy atom. The zero-order valence-electron chi connectivity index (χ0n) is 9.98. The number of amides is 1. The van der Waals surface area contributed by atoms with E-state index in [0.29, 0.717) is 5.56 Å². The molecule has 0 saturated carbocycles. The van der Waals surface area contributed by atoms with Crippen LogP contribution in [0.1, 0.15) is 35.3 Å². The van der Waals surface area contributed by atoms with Crippen molar-refractivity contribution >= 4 is 21.8 Å². The summed E-state index contributed by atoms with van der Waals surface area (Å²) < 4.78 is 1.01. The molecule has 1 amide bonds. The monoisotopic (exact) mass is 307 g/mol. The molecule has 2 N–H and O–H groups in total. The number of aromatic nitrogens is 2. The van der Waals surface area contributed by atoms with Gasteiger partial charge in [0.2, 0.25) is 0 Å². The van der Waals surface area contributed by atoms with Gasteiger partial charge in [0.05, 0.1) is 17.8 Å². The molecule has 1 heterocycles. The van der Waals surface area contributed by atoms with E-state index < -0.39 is 0 Å². The lowest BCUT2D eigenvalue weighted by atomic mass is 10.0. The highest BCUT2D eigenvalue weighted by molar-refractivity contribution is 9.10. The van der Waals surface area contributed by atoms with Crippen LogP contribution in [0.25, 0.3) is 0 Å². The fourth-order valence-corrected chi connectivity index (χ4v) is 2.18. The van der Waals surface area contributed by atoms with Gasteiger partial charge in [-0.05, 0) is 24.1 Å². The fraction of sp³-hybridized carbons (Fsp3) is 0.231. The van der Waals surface area contributed by atoms with E-state index in [4.69, 9.17) is 0 Å². The number of aromatic amines is 1. The summed E-state index contributed by atoms with van der Waals surface area (Å²) in [7, 11) is 0. The van der Waals surface area contributed by atoms with Crippen molar-refractivity contribution in [3.05, 3.63) is 52.3 Å². The number of benzene rings is 1. The zero-order chi connectivity index (χ0) is 13.0. The van der Waals surface area contributed by atoms with Gasteiger partial charge in [-0.2, -0.15) is 5.10 Å². The number of halogens is 1. The van der Waals surface area contributed by atoms with Crippen LogP contribution in [-0.2, 0) is 0 Å². The standard InChI is InChI=1S/C13H14BrN3O/c1-2-12(9-4-3-5-11(14)6-9)17-13(18)10-7-15-16-8-10/h3-8,12H,2H2,1H3,(H,15,16)(H,17,18)/t12-/m0/s1. The van der Waals surface area contributed by atoms with Crippen LogP contribution < -0.4 is 5.32 Å².